The van der Waals surface area contributed by atoms with Gasteiger partial charge in [-0.05, 0) is 37.1 Å². The lowest BCUT2D eigenvalue weighted by atomic mass is 10.2. The van der Waals surface area contributed by atoms with E-state index < -0.39 is 0 Å². The molecule has 0 saturated carbocycles. The number of amidine groups is 2. The quantitative estimate of drug-likeness (QED) is 0.659. The van der Waals surface area contributed by atoms with E-state index in [9.17, 15) is 0 Å². The molecule has 2 heterocycles. The third kappa shape index (κ3) is 4.82. The zero-order valence-corrected chi connectivity index (χ0v) is 16.0. The number of hydrogen-bond acceptors (Lipinski definition) is 6. The minimum Gasteiger partial charge on any atom is -0.494 e. The summed E-state index contributed by atoms with van der Waals surface area (Å²) in [5, 5.41) is 6.58. The van der Waals surface area contributed by atoms with Gasteiger partial charge in [-0.3, -0.25) is 9.98 Å². The number of nitrogens with zero attached hydrogens (tertiary/aromatic N) is 2. The third-order valence-corrected chi connectivity index (χ3v) is 4.64. The maximum atomic E-state index is 5.88. The summed E-state index contributed by atoms with van der Waals surface area (Å²) in [4.78, 5) is 8.90. The van der Waals surface area contributed by atoms with E-state index in [1.807, 2.05) is 36.4 Å². The topological polar surface area (TPSA) is 67.2 Å². The molecule has 4 rings (SSSR count). The second-order valence-corrected chi connectivity index (χ2v) is 6.77. The van der Waals surface area contributed by atoms with Gasteiger partial charge in [0.25, 0.3) is 0 Å². The highest BCUT2D eigenvalue weighted by atomic mass is 16.5. The SMILES string of the molecule is c1cc(OCCCCOc2cccc(C3=NCCN3)c2)cc(C2=NCCN2)c1. The second kappa shape index (κ2) is 9.26. The Hall–Kier alpha value is -3.02. The highest BCUT2D eigenvalue weighted by molar-refractivity contribution is 6.00. The molecule has 0 spiro atoms. The van der Waals surface area contributed by atoms with E-state index in [-0.39, 0.29) is 0 Å². The first-order valence-corrected chi connectivity index (χ1v) is 9.92. The molecule has 2 aromatic rings. The number of benzene rings is 2. The Kier molecular flexibility index (Phi) is 6.07. The molecule has 2 N–H and O–H groups in total. The maximum Gasteiger partial charge on any atom is 0.128 e. The molecule has 2 aliphatic heterocycles. The Labute approximate surface area is 165 Å². The lowest BCUT2D eigenvalue weighted by molar-refractivity contribution is 0.266. The normalized spacial score (nSPS) is 15.4. The Morgan fingerprint density at radius 1 is 0.714 bits per heavy atom. The van der Waals surface area contributed by atoms with E-state index >= 15 is 0 Å². The summed E-state index contributed by atoms with van der Waals surface area (Å²) < 4.78 is 11.8. The molecule has 0 fully saturated rings. The molecule has 2 aliphatic rings. The van der Waals surface area contributed by atoms with Gasteiger partial charge in [0.1, 0.15) is 23.2 Å². The molecule has 0 aromatic heterocycles. The van der Waals surface area contributed by atoms with E-state index in [0.717, 1.165) is 73.3 Å². The first kappa shape index (κ1) is 18.3. The predicted octanol–water partition coefficient (Wildman–Crippen LogP) is 2.62. The number of nitrogens with one attached hydrogen (secondary N) is 2. The van der Waals surface area contributed by atoms with Gasteiger partial charge in [0.15, 0.2) is 0 Å². The van der Waals surface area contributed by atoms with Crippen molar-refractivity contribution in [3.63, 3.8) is 0 Å². The molecule has 146 valence electrons. The Morgan fingerprint density at radius 2 is 1.21 bits per heavy atom. The second-order valence-electron chi connectivity index (χ2n) is 6.77. The summed E-state index contributed by atoms with van der Waals surface area (Å²) >= 11 is 0. The Bertz CT molecular complexity index is 792. The van der Waals surface area contributed by atoms with Gasteiger partial charge >= 0.3 is 0 Å². The molecule has 28 heavy (non-hydrogen) atoms. The van der Waals surface area contributed by atoms with Gasteiger partial charge in [0.2, 0.25) is 0 Å². The molecule has 0 saturated heterocycles. The Balaban J connectivity index is 1.18. The van der Waals surface area contributed by atoms with Crippen molar-refractivity contribution in [3.05, 3.63) is 59.7 Å². The van der Waals surface area contributed by atoms with Crippen LogP contribution >= 0.6 is 0 Å². The fourth-order valence-electron chi connectivity index (χ4n) is 3.23. The average molecular weight is 378 g/mol. The fraction of sp³-hybridized carbons (Fsp3) is 0.364. The summed E-state index contributed by atoms with van der Waals surface area (Å²) in [5.41, 5.74) is 2.17. The standard InChI is InChI=1S/C22H26N4O2/c1(13-27-19-7-3-5-17(15-19)21-23-9-10-24-21)2-14-28-20-8-4-6-18(16-20)22-25-11-12-26-22/h3-8,15-16H,1-2,9-14H2,(H,23,24)(H,25,26). The smallest absolute Gasteiger partial charge is 0.128 e. The summed E-state index contributed by atoms with van der Waals surface area (Å²) in [6, 6.07) is 16.2. The van der Waals surface area contributed by atoms with E-state index in [0.29, 0.717) is 13.2 Å². The van der Waals surface area contributed by atoms with Gasteiger partial charge in [0.05, 0.1) is 26.3 Å². The summed E-state index contributed by atoms with van der Waals surface area (Å²) in [6.07, 6.45) is 1.88. The average Bonchev–Trinajstić information content (AvgIpc) is 3.45. The van der Waals surface area contributed by atoms with Crippen LogP contribution in [0.2, 0.25) is 0 Å². The van der Waals surface area contributed by atoms with Gasteiger partial charge in [-0.1, -0.05) is 24.3 Å². The van der Waals surface area contributed by atoms with Crippen LogP contribution in [-0.4, -0.2) is 51.1 Å². The lowest BCUT2D eigenvalue weighted by Gasteiger charge is -2.10. The van der Waals surface area contributed by atoms with Crippen molar-refractivity contribution in [1.29, 1.82) is 0 Å². The predicted molar refractivity (Wildman–Crippen MR) is 112 cm³/mol. The molecule has 0 radical (unpaired) electrons. The van der Waals surface area contributed by atoms with Crippen LogP contribution in [0.5, 0.6) is 11.5 Å². The highest BCUT2D eigenvalue weighted by Crippen LogP contribution is 2.16. The highest BCUT2D eigenvalue weighted by Gasteiger charge is 2.09. The first-order chi connectivity index (χ1) is 13.9. The van der Waals surface area contributed by atoms with Crippen LogP contribution in [-0.2, 0) is 0 Å². The van der Waals surface area contributed by atoms with E-state index in [1.54, 1.807) is 0 Å². The van der Waals surface area contributed by atoms with Crippen molar-refractivity contribution in [2.45, 2.75) is 12.8 Å². The zero-order chi connectivity index (χ0) is 19.0. The van der Waals surface area contributed by atoms with Crippen LogP contribution in [0.3, 0.4) is 0 Å². The summed E-state index contributed by atoms with van der Waals surface area (Å²) in [5.74, 6) is 3.68. The minimum atomic E-state index is 0.674. The maximum absolute atomic E-state index is 5.88. The number of unbranched alkanes of at least 4 members (excludes halogenated alkanes) is 1. The molecule has 0 unspecified atom stereocenters. The van der Waals surface area contributed by atoms with Crippen LogP contribution in [0, 0.1) is 0 Å². The van der Waals surface area contributed by atoms with Crippen LogP contribution in [0.1, 0.15) is 24.0 Å². The molecule has 0 bridgehead atoms. The fourth-order valence-corrected chi connectivity index (χ4v) is 3.23. The molecule has 0 atom stereocenters. The van der Waals surface area contributed by atoms with Crippen molar-refractivity contribution >= 4 is 11.7 Å². The summed E-state index contributed by atoms with van der Waals surface area (Å²) in [7, 11) is 0. The van der Waals surface area contributed by atoms with Crippen LogP contribution in [0.4, 0.5) is 0 Å². The number of rotatable bonds is 9. The molecule has 0 aliphatic carbocycles. The van der Waals surface area contributed by atoms with Crippen molar-refractivity contribution in [3.8, 4) is 11.5 Å². The molecular formula is C22H26N4O2. The molecule has 2 aromatic carbocycles. The number of ether oxygens (including phenoxy) is 2. The van der Waals surface area contributed by atoms with Gasteiger partial charge in [0, 0.05) is 24.2 Å². The molecule has 0 amide bonds. The first-order valence-electron chi connectivity index (χ1n) is 9.92. The Morgan fingerprint density at radius 3 is 1.64 bits per heavy atom. The van der Waals surface area contributed by atoms with Gasteiger partial charge in [-0.25, -0.2) is 0 Å². The zero-order valence-electron chi connectivity index (χ0n) is 16.0. The number of aliphatic imine (C=N–C) groups is 2. The van der Waals surface area contributed by atoms with Crippen molar-refractivity contribution in [2.24, 2.45) is 9.98 Å². The van der Waals surface area contributed by atoms with Crippen molar-refractivity contribution in [2.75, 3.05) is 39.4 Å². The van der Waals surface area contributed by atoms with Crippen molar-refractivity contribution < 1.29 is 9.47 Å². The van der Waals surface area contributed by atoms with E-state index in [1.165, 1.54) is 0 Å². The van der Waals surface area contributed by atoms with E-state index in [2.05, 4.69) is 32.8 Å². The monoisotopic (exact) mass is 378 g/mol. The minimum absolute atomic E-state index is 0.674. The lowest BCUT2D eigenvalue weighted by Crippen LogP contribution is -2.19. The molecule has 6 nitrogen and oxygen atoms in total. The molecular weight excluding hydrogens is 352 g/mol. The van der Waals surface area contributed by atoms with Crippen molar-refractivity contribution in [1.82, 2.24) is 10.6 Å². The van der Waals surface area contributed by atoms with Crippen LogP contribution in [0.25, 0.3) is 0 Å². The van der Waals surface area contributed by atoms with Gasteiger partial charge < -0.3 is 20.1 Å². The number of hydrogen-bond donors (Lipinski definition) is 2. The van der Waals surface area contributed by atoms with Crippen LogP contribution in [0.15, 0.2) is 58.5 Å². The van der Waals surface area contributed by atoms with E-state index in [4.69, 9.17) is 9.47 Å². The van der Waals surface area contributed by atoms with Gasteiger partial charge in [-0.15, -0.1) is 0 Å². The molecule has 6 heteroatoms. The van der Waals surface area contributed by atoms with Gasteiger partial charge in [-0.2, -0.15) is 0 Å². The third-order valence-electron chi connectivity index (χ3n) is 4.64. The largest absolute Gasteiger partial charge is 0.494 e. The summed E-state index contributed by atoms with van der Waals surface area (Å²) in [6.45, 7) is 4.85. The van der Waals surface area contributed by atoms with Crippen LogP contribution < -0.4 is 20.1 Å².